The number of furan rings is 1. The van der Waals surface area contributed by atoms with Crippen LogP contribution in [0.4, 0.5) is 0 Å². The number of rotatable bonds is 4. The Morgan fingerprint density at radius 3 is 2.74 bits per heavy atom. The second kappa shape index (κ2) is 6.64. The van der Waals surface area contributed by atoms with Crippen LogP contribution < -0.4 is 5.32 Å². The minimum atomic E-state index is -0.270. The summed E-state index contributed by atoms with van der Waals surface area (Å²) in [5.41, 5.74) is 1.81. The first kappa shape index (κ1) is 16.2. The highest BCUT2D eigenvalue weighted by Gasteiger charge is 2.49. The molecule has 1 N–H and O–H groups in total. The van der Waals surface area contributed by atoms with Crippen LogP contribution in [-0.2, 0) is 9.47 Å². The maximum absolute atomic E-state index is 12.2. The van der Waals surface area contributed by atoms with Crippen LogP contribution in [0.2, 0.25) is 0 Å². The number of fused-ring (bicyclic) bond motifs is 1. The number of hydrogen-bond donors (Lipinski definition) is 1. The summed E-state index contributed by atoms with van der Waals surface area (Å²) in [4.78, 5) is 12.2. The highest BCUT2D eigenvalue weighted by molar-refractivity contribution is 5.91. The van der Waals surface area contributed by atoms with Crippen LogP contribution >= 0.6 is 0 Å². The molecule has 4 heterocycles. The lowest BCUT2D eigenvalue weighted by atomic mass is 10.1. The van der Waals surface area contributed by atoms with Crippen LogP contribution in [0.1, 0.15) is 16.6 Å². The number of benzene rings is 1. The van der Waals surface area contributed by atoms with E-state index in [1.807, 2.05) is 36.5 Å². The van der Waals surface area contributed by atoms with E-state index in [1.165, 1.54) is 6.26 Å². The van der Waals surface area contributed by atoms with Crippen LogP contribution in [0, 0.1) is 0 Å². The second-order valence-corrected chi connectivity index (χ2v) is 6.67. The fraction of sp³-hybridized carbons (Fsp3) is 0.316. The zero-order valence-corrected chi connectivity index (χ0v) is 14.4. The van der Waals surface area contributed by atoms with Gasteiger partial charge >= 0.3 is 0 Å². The smallest absolute Gasteiger partial charge is 0.287 e. The molecule has 3 aromatic rings. The Balaban J connectivity index is 1.29. The van der Waals surface area contributed by atoms with E-state index in [1.54, 1.807) is 16.8 Å². The quantitative estimate of drug-likeness (QED) is 0.755. The van der Waals surface area contributed by atoms with Gasteiger partial charge in [-0.1, -0.05) is 35.5 Å². The third kappa shape index (κ3) is 2.92. The molecular weight excluding hydrogens is 348 g/mol. The maximum atomic E-state index is 12.2. The largest absolute Gasteiger partial charge is 0.459 e. The highest BCUT2D eigenvalue weighted by atomic mass is 16.6. The van der Waals surface area contributed by atoms with Crippen LogP contribution in [0.5, 0.6) is 0 Å². The van der Waals surface area contributed by atoms with Crippen molar-refractivity contribution in [2.75, 3.05) is 13.2 Å². The van der Waals surface area contributed by atoms with E-state index in [-0.39, 0.29) is 36.0 Å². The molecule has 4 atom stereocenters. The zero-order chi connectivity index (χ0) is 18.2. The van der Waals surface area contributed by atoms with Crippen molar-refractivity contribution in [3.63, 3.8) is 0 Å². The first-order valence-corrected chi connectivity index (χ1v) is 8.84. The van der Waals surface area contributed by atoms with Crippen LogP contribution in [0.25, 0.3) is 11.3 Å². The van der Waals surface area contributed by atoms with E-state index in [2.05, 4.69) is 15.6 Å². The molecule has 0 bridgehead atoms. The van der Waals surface area contributed by atoms with Gasteiger partial charge in [-0.15, -0.1) is 5.10 Å². The molecule has 1 amide bonds. The van der Waals surface area contributed by atoms with E-state index in [4.69, 9.17) is 13.9 Å². The monoisotopic (exact) mass is 366 g/mol. The minimum Gasteiger partial charge on any atom is -0.459 e. The molecule has 0 saturated carbocycles. The molecule has 2 aliphatic heterocycles. The summed E-state index contributed by atoms with van der Waals surface area (Å²) >= 11 is 0. The van der Waals surface area contributed by atoms with E-state index in [0.717, 1.165) is 11.3 Å². The van der Waals surface area contributed by atoms with Crippen molar-refractivity contribution in [1.82, 2.24) is 20.3 Å². The summed E-state index contributed by atoms with van der Waals surface area (Å²) < 4.78 is 18.8. The number of ether oxygens (including phenoxy) is 2. The van der Waals surface area contributed by atoms with Gasteiger partial charge in [-0.05, 0) is 12.1 Å². The molecule has 2 aromatic heterocycles. The number of amides is 1. The van der Waals surface area contributed by atoms with Crippen molar-refractivity contribution in [2.24, 2.45) is 0 Å². The van der Waals surface area contributed by atoms with Gasteiger partial charge in [0, 0.05) is 5.56 Å². The Morgan fingerprint density at radius 2 is 1.93 bits per heavy atom. The number of nitrogens with one attached hydrogen (secondary N) is 1. The van der Waals surface area contributed by atoms with Crippen molar-refractivity contribution in [2.45, 2.75) is 24.3 Å². The van der Waals surface area contributed by atoms with Crippen molar-refractivity contribution in [3.8, 4) is 11.3 Å². The number of hydrogen-bond acceptors (Lipinski definition) is 6. The molecule has 0 unspecified atom stereocenters. The third-order valence-electron chi connectivity index (χ3n) is 5.01. The van der Waals surface area contributed by atoms with Gasteiger partial charge in [0.2, 0.25) is 0 Å². The molecular formula is C19H18N4O4. The summed E-state index contributed by atoms with van der Waals surface area (Å²) in [5, 5.41) is 11.5. The molecule has 8 heteroatoms. The van der Waals surface area contributed by atoms with Crippen molar-refractivity contribution in [1.29, 1.82) is 0 Å². The fourth-order valence-corrected chi connectivity index (χ4v) is 3.66. The molecule has 27 heavy (non-hydrogen) atoms. The molecule has 0 radical (unpaired) electrons. The van der Waals surface area contributed by atoms with Gasteiger partial charge in [0.15, 0.2) is 5.76 Å². The van der Waals surface area contributed by atoms with Crippen molar-refractivity contribution >= 4 is 5.91 Å². The van der Waals surface area contributed by atoms with Crippen molar-refractivity contribution < 1.29 is 18.7 Å². The minimum absolute atomic E-state index is 0.0783. The first-order valence-electron chi connectivity index (χ1n) is 8.84. The molecule has 2 aliphatic rings. The van der Waals surface area contributed by atoms with Crippen LogP contribution in [0.15, 0.2) is 59.3 Å². The van der Waals surface area contributed by atoms with Gasteiger partial charge in [0.05, 0.1) is 31.7 Å². The van der Waals surface area contributed by atoms with Gasteiger partial charge in [0.25, 0.3) is 5.91 Å². The van der Waals surface area contributed by atoms with Gasteiger partial charge in [-0.25, -0.2) is 4.68 Å². The molecule has 0 aliphatic carbocycles. The summed E-state index contributed by atoms with van der Waals surface area (Å²) in [5.74, 6) is 0.00481. The number of carbonyl (C=O) groups is 1. The normalized spacial score (nSPS) is 26.8. The molecule has 2 fully saturated rings. The molecule has 5 rings (SSSR count). The van der Waals surface area contributed by atoms with Crippen LogP contribution in [0.3, 0.4) is 0 Å². The summed E-state index contributed by atoms with van der Waals surface area (Å²) in [7, 11) is 0. The zero-order valence-electron chi connectivity index (χ0n) is 14.4. The molecule has 2 saturated heterocycles. The topological polar surface area (TPSA) is 91.4 Å². The Labute approximate surface area is 155 Å². The number of nitrogens with zero attached hydrogens (tertiary/aromatic N) is 3. The summed E-state index contributed by atoms with van der Waals surface area (Å²) in [6, 6.07) is 12.9. The third-order valence-corrected chi connectivity index (χ3v) is 5.01. The Morgan fingerprint density at radius 1 is 1.07 bits per heavy atom. The van der Waals surface area contributed by atoms with Gasteiger partial charge in [-0.3, -0.25) is 4.79 Å². The Kier molecular flexibility index (Phi) is 3.99. The predicted octanol–water partition coefficient (Wildman–Crippen LogP) is 1.68. The Bertz CT molecular complexity index is 924. The van der Waals surface area contributed by atoms with E-state index in [9.17, 15) is 4.79 Å². The summed E-state index contributed by atoms with van der Waals surface area (Å²) in [6.07, 6.45) is 2.97. The molecule has 8 nitrogen and oxygen atoms in total. The van der Waals surface area contributed by atoms with E-state index >= 15 is 0 Å². The number of carbonyl (C=O) groups excluding carboxylic acids is 1. The van der Waals surface area contributed by atoms with Gasteiger partial charge < -0.3 is 19.2 Å². The fourth-order valence-electron chi connectivity index (χ4n) is 3.66. The molecule has 0 spiro atoms. The number of aromatic nitrogens is 3. The highest BCUT2D eigenvalue weighted by Crippen LogP contribution is 2.34. The standard InChI is InChI=1S/C19H18N4O4/c24-19(16-7-4-8-25-16)20-14-10-26-18-15(11-27-17(14)18)23-9-13(21-22-23)12-5-2-1-3-6-12/h1-9,14-15,17-18H,10-11H2,(H,20,24)/t14-,15-,17+,18+/m0/s1. The molecule has 138 valence electrons. The van der Waals surface area contributed by atoms with E-state index < -0.39 is 0 Å². The Hall–Kier alpha value is -2.97. The predicted molar refractivity (Wildman–Crippen MR) is 93.9 cm³/mol. The lowest BCUT2D eigenvalue weighted by molar-refractivity contribution is 0.0612. The average molecular weight is 366 g/mol. The van der Waals surface area contributed by atoms with Gasteiger partial charge in [-0.2, -0.15) is 0 Å². The molecule has 1 aromatic carbocycles. The van der Waals surface area contributed by atoms with E-state index in [0.29, 0.717) is 13.2 Å². The lowest BCUT2D eigenvalue weighted by Crippen LogP contribution is -2.44. The summed E-state index contributed by atoms with van der Waals surface area (Å²) in [6.45, 7) is 0.846. The first-order chi connectivity index (χ1) is 13.3. The second-order valence-electron chi connectivity index (χ2n) is 6.67. The maximum Gasteiger partial charge on any atom is 0.287 e. The van der Waals surface area contributed by atoms with Crippen molar-refractivity contribution in [3.05, 3.63) is 60.7 Å². The lowest BCUT2D eigenvalue weighted by Gasteiger charge is -2.17. The SMILES string of the molecule is O=C(N[C@H]1CO[C@H]2[C@@H]1OC[C@@H]2n1cc(-c2ccccc2)nn1)c1ccco1. The van der Waals surface area contributed by atoms with Crippen LogP contribution in [-0.4, -0.2) is 52.4 Å². The van der Waals surface area contributed by atoms with Gasteiger partial charge in [0.1, 0.15) is 23.9 Å². The average Bonchev–Trinajstić information content (AvgIpc) is 3.47.